The Morgan fingerprint density at radius 2 is 1.88 bits per heavy atom. The summed E-state index contributed by atoms with van der Waals surface area (Å²) in [6.07, 6.45) is 5.37. The standard InChI is InChI=1S/C18H22N4O2/c19-16(23)14-8-6-13(7-9-14)11-20-18-21-15(17(24)22-18)10-12-4-2-1-3-5-12/h1-5,10,13-14H,6-9,11H2,(H2,19,23)(H2,20,21,22,24)/b15-10+. The summed E-state index contributed by atoms with van der Waals surface area (Å²) < 4.78 is 0. The minimum atomic E-state index is -0.194. The fraction of sp³-hybridized carbons (Fsp3) is 0.389. The van der Waals surface area contributed by atoms with Gasteiger partial charge in [-0.25, -0.2) is 0 Å². The van der Waals surface area contributed by atoms with Crippen molar-refractivity contribution in [3.05, 3.63) is 41.6 Å². The van der Waals surface area contributed by atoms with Gasteiger partial charge in [-0.2, -0.15) is 0 Å². The second kappa shape index (κ2) is 7.29. The van der Waals surface area contributed by atoms with Gasteiger partial charge in [0.1, 0.15) is 5.70 Å². The molecule has 0 radical (unpaired) electrons. The maximum absolute atomic E-state index is 12.0. The second-order valence-electron chi connectivity index (χ2n) is 6.36. The third kappa shape index (κ3) is 4.01. The van der Waals surface area contributed by atoms with E-state index < -0.39 is 0 Å². The molecule has 0 spiro atoms. The van der Waals surface area contributed by atoms with E-state index in [2.05, 4.69) is 15.6 Å². The van der Waals surface area contributed by atoms with Crippen LogP contribution in [0.3, 0.4) is 0 Å². The minimum Gasteiger partial charge on any atom is -0.369 e. The average Bonchev–Trinajstić information content (AvgIpc) is 2.94. The molecule has 1 saturated heterocycles. The molecule has 2 aliphatic rings. The molecule has 6 heteroatoms. The summed E-state index contributed by atoms with van der Waals surface area (Å²) >= 11 is 0. The number of nitrogens with one attached hydrogen (secondary N) is 2. The molecule has 1 aliphatic carbocycles. The SMILES string of the molecule is NC(=O)C1CCC(CN=C2NC(=O)/C(=C\c3ccccc3)N2)CC1. The lowest BCUT2D eigenvalue weighted by molar-refractivity contribution is -0.123. The van der Waals surface area contributed by atoms with Crippen LogP contribution in [-0.2, 0) is 9.59 Å². The fourth-order valence-electron chi connectivity index (χ4n) is 3.14. The molecule has 2 fully saturated rings. The maximum atomic E-state index is 12.0. The van der Waals surface area contributed by atoms with Gasteiger partial charge in [0.2, 0.25) is 11.9 Å². The molecular weight excluding hydrogens is 304 g/mol. The highest BCUT2D eigenvalue weighted by molar-refractivity contribution is 6.15. The van der Waals surface area contributed by atoms with Gasteiger partial charge in [0.15, 0.2) is 0 Å². The summed E-state index contributed by atoms with van der Waals surface area (Å²) in [5.74, 6) is 0.585. The first-order chi connectivity index (χ1) is 11.6. The van der Waals surface area contributed by atoms with Crippen LogP contribution in [0.15, 0.2) is 41.0 Å². The number of benzene rings is 1. The molecule has 2 amide bonds. The molecule has 6 nitrogen and oxygen atoms in total. The number of amides is 2. The van der Waals surface area contributed by atoms with E-state index >= 15 is 0 Å². The fourth-order valence-corrected chi connectivity index (χ4v) is 3.14. The molecule has 1 saturated carbocycles. The van der Waals surface area contributed by atoms with Crippen LogP contribution in [0.4, 0.5) is 0 Å². The van der Waals surface area contributed by atoms with Crippen LogP contribution in [-0.4, -0.2) is 24.3 Å². The zero-order chi connectivity index (χ0) is 16.9. The minimum absolute atomic E-state index is 0.0126. The molecule has 3 rings (SSSR count). The van der Waals surface area contributed by atoms with Crippen LogP contribution in [0, 0.1) is 11.8 Å². The lowest BCUT2D eigenvalue weighted by atomic mass is 9.82. The first kappa shape index (κ1) is 16.2. The van der Waals surface area contributed by atoms with Crippen LogP contribution in [0.25, 0.3) is 6.08 Å². The number of guanidine groups is 1. The third-order valence-corrected chi connectivity index (χ3v) is 4.60. The van der Waals surface area contributed by atoms with E-state index in [1.165, 1.54) is 0 Å². The molecule has 24 heavy (non-hydrogen) atoms. The molecule has 1 aromatic carbocycles. The Hall–Kier alpha value is -2.63. The highest BCUT2D eigenvalue weighted by Crippen LogP contribution is 2.28. The lowest BCUT2D eigenvalue weighted by Gasteiger charge is -2.25. The zero-order valence-corrected chi connectivity index (χ0v) is 13.5. The van der Waals surface area contributed by atoms with Crippen molar-refractivity contribution in [3.63, 3.8) is 0 Å². The summed E-state index contributed by atoms with van der Waals surface area (Å²) in [7, 11) is 0. The summed E-state index contributed by atoms with van der Waals surface area (Å²) in [5, 5.41) is 5.78. The third-order valence-electron chi connectivity index (χ3n) is 4.60. The van der Waals surface area contributed by atoms with Crippen LogP contribution in [0.1, 0.15) is 31.2 Å². The molecule has 1 aliphatic heterocycles. The number of hydrogen-bond donors (Lipinski definition) is 3. The van der Waals surface area contributed by atoms with E-state index in [0.717, 1.165) is 31.2 Å². The van der Waals surface area contributed by atoms with Gasteiger partial charge in [0.25, 0.3) is 5.91 Å². The molecule has 126 valence electrons. The molecule has 1 heterocycles. The number of primary amides is 1. The monoisotopic (exact) mass is 326 g/mol. The Bertz CT molecular complexity index is 674. The van der Waals surface area contributed by atoms with Crippen molar-refractivity contribution in [1.82, 2.24) is 10.6 Å². The topological polar surface area (TPSA) is 96.6 Å². The number of aliphatic imine (C=N–C) groups is 1. The summed E-state index contributed by atoms with van der Waals surface area (Å²) in [6.45, 7) is 0.646. The van der Waals surface area contributed by atoms with Crippen molar-refractivity contribution in [3.8, 4) is 0 Å². The molecule has 4 N–H and O–H groups in total. The van der Waals surface area contributed by atoms with E-state index in [4.69, 9.17) is 5.73 Å². The van der Waals surface area contributed by atoms with Crippen molar-refractivity contribution >= 4 is 23.8 Å². The van der Waals surface area contributed by atoms with Gasteiger partial charge >= 0.3 is 0 Å². The molecule has 0 aromatic heterocycles. The maximum Gasteiger partial charge on any atom is 0.274 e. The second-order valence-corrected chi connectivity index (χ2v) is 6.36. The summed E-state index contributed by atoms with van der Waals surface area (Å²) in [6, 6.07) is 9.67. The first-order valence-corrected chi connectivity index (χ1v) is 8.30. The average molecular weight is 326 g/mol. The predicted molar refractivity (Wildman–Crippen MR) is 92.6 cm³/mol. The largest absolute Gasteiger partial charge is 0.369 e. The smallest absolute Gasteiger partial charge is 0.274 e. The number of nitrogens with two attached hydrogens (primary N) is 1. The van der Waals surface area contributed by atoms with Crippen molar-refractivity contribution in [2.24, 2.45) is 22.6 Å². The van der Waals surface area contributed by atoms with E-state index in [-0.39, 0.29) is 17.7 Å². The highest BCUT2D eigenvalue weighted by atomic mass is 16.2. The Balaban J connectivity index is 1.55. The van der Waals surface area contributed by atoms with Crippen LogP contribution >= 0.6 is 0 Å². The van der Waals surface area contributed by atoms with Gasteiger partial charge in [0, 0.05) is 12.5 Å². The van der Waals surface area contributed by atoms with E-state index in [1.54, 1.807) is 6.08 Å². The molecule has 1 aromatic rings. The number of hydrogen-bond acceptors (Lipinski definition) is 3. The Morgan fingerprint density at radius 1 is 1.17 bits per heavy atom. The van der Waals surface area contributed by atoms with E-state index in [0.29, 0.717) is 24.1 Å². The molecule has 0 bridgehead atoms. The Kier molecular flexibility index (Phi) is 4.93. The summed E-state index contributed by atoms with van der Waals surface area (Å²) in [5.41, 5.74) is 6.81. The number of carbonyl (C=O) groups excluding carboxylic acids is 2. The van der Waals surface area contributed by atoms with Gasteiger partial charge in [-0.05, 0) is 43.2 Å². The zero-order valence-electron chi connectivity index (χ0n) is 13.5. The molecule has 0 atom stereocenters. The molecule has 0 unspecified atom stereocenters. The van der Waals surface area contributed by atoms with Crippen LogP contribution in [0.2, 0.25) is 0 Å². The van der Waals surface area contributed by atoms with Gasteiger partial charge < -0.3 is 11.1 Å². The van der Waals surface area contributed by atoms with Gasteiger partial charge in [0.05, 0.1) is 0 Å². The van der Waals surface area contributed by atoms with Crippen molar-refractivity contribution in [2.45, 2.75) is 25.7 Å². The van der Waals surface area contributed by atoms with Crippen LogP contribution < -0.4 is 16.4 Å². The van der Waals surface area contributed by atoms with Gasteiger partial charge in [-0.15, -0.1) is 0 Å². The van der Waals surface area contributed by atoms with Gasteiger partial charge in [-0.1, -0.05) is 30.3 Å². The number of carbonyl (C=O) groups is 2. The Morgan fingerprint density at radius 3 is 2.54 bits per heavy atom. The van der Waals surface area contributed by atoms with E-state index in [1.807, 2.05) is 30.3 Å². The van der Waals surface area contributed by atoms with Gasteiger partial charge in [-0.3, -0.25) is 19.9 Å². The first-order valence-electron chi connectivity index (χ1n) is 8.30. The van der Waals surface area contributed by atoms with Crippen molar-refractivity contribution in [1.29, 1.82) is 0 Å². The predicted octanol–water partition coefficient (Wildman–Crippen LogP) is 1.39. The van der Waals surface area contributed by atoms with Crippen molar-refractivity contribution in [2.75, 3.05) is 6.54 Å². The van der Waals surface area contributed by atoms with Crippen LogP contribution in [0.5, 0.6) is 0 Å². The number of rotatable bonds is 4. The summed E-state index contributed by atoms with van der Waals surface area (Å²) in [4.78, 5) is 27.6. The molecular formula is C18H22N4O2. The normalized spacial score (nSPS) is 27.1. The Labute approximate surface area is 141 Å². The quantitative estimate of drug-likeness (QED) is 0.730. The highest BCUT2D eigenvalue weighted by Gasteiger charge is 2.26. The van der Waals surface area contributed by atoms with Crippen molar-refractivity contribution < 1.29 is 9.59 Å². The lowest BCUT2D eigenvalue weighted by Crippen LogP contribution is -2.29. The van der Waals surface area contributed by atoms with E-state index in [9.17, 15) is 9.59 Å². The number of nitrogens with zero attached hydrogens (tertiary/aromatic N) is 1.